The van der Waals surface area contributed by atoms with Crippen LogP contribution < -0.4 is 0 Å². The minimum Gasteiger partial charge on any atom is -0.494 e. The quantitative estimate of drug-likeness (QED) is 0.476. The van der Waals surface area contributed by atoms with Gasteiger partial charge in [0.25, 0.3) is 0 Å². The highest BCUT2D eigenvalue weighted by Crippen LogP contribution is 2.32. The van der Waals surface area contributed by atoms with Crippen molar-refractivity contribution in [1.82, 2.24) is 24.7 Å². The molecule has 156 valence electrons. The number of H-pyrrole nitrogens is 1. The summed E-state index contributed by atoms with van der Waals surface area (Å²) in [5.41, 5.74) is 4.71. The molecule has 8 nitrogen and oxygen atoms in total. The zero-order valence-electron chi connectivity index (χ0n) is 18.1. The number of hydrogen-bond donors (Lipinski definition) is 2. The van der Waals surface area contributed by atoms with E-state index < -0.39 is 5.54 Å². The average Bonchev–Trinajstić information content (AvgIpc) is 3.26. The van der Waals surface area contributed by atoms with E-state index in [2.05, 4.69) is 31.1 Å². The van der Waals surface area contributed by atoms with E-state index in [1.807, 2.05) is 39.0 Å². The second-order valence-electron chi connectivity index (χ2n) is 8.08. The Bertz CT molecular complexity index is 1370. The highest BCUT2D eigenvalue weighted by Gasteiger charge is 2.23. The van der Waals surface area contributed by atoms with E-state index in [4.69, 9.17) is 0 Å². The Morgan fingerprint density at radius 2 is 2.03 bits per heavy atom. The molecule has 31 heavy (non-hydrogen) atoms. The molecule has 0 saturated heterocycles. The van der Waals surface area contributed by atoms with Crippen molar-refractivity contribution < 1.29 is 5.11 Å². The summed E-state index contributed by atoms with van der Waals surface area (Å²) in [6.45, 7) is 9.31. The predicted octanol–water partition coefficient (Wildman–Crippen LogP) is 4.54. The molecule has 0 saturated carbocycles. The van der Waals surface area contributed by atoms with Gasteiger partial charge in [0.1, 0.15) is 5.54 Å². The summed E-state index contributed by atoms with van der Waals surface area (Å²) in [5.74, 6) is 0.496. The molecule has 4 aromatic heterocycles. The number of rotatable bonds is 4. The molecule has 0 radical (unpaired) electrons. The number of aromatic nitrogens is 5. The third kappa shape index (κ3) is 3.55. The molecule has 0 aromatic carbocycles. The number of fused-ring (bicyclic) bond motifs is 1. The largest absolute Gasteiger partial charge is 0.494 e. The van der Waals surface area contributed by atoms with Crippen molar-refractivity contribution in [2.75, 3.05) is 0 Å². The number of nitrogens with one attached hydrogen (secondary N) is 1. The van der Waals surface area contributed by atoms with Crippen LogP contribution in [0, 0.1) is 25.2 Å². The number of pyridine rings is 2. The lowest BCUT2D eigenvalue weighted by Crippen LogP contribution is -2.26. The first-order valence-corrected chi connectivity index (χ1v) is 9.87. The molecule has 0 bridgehead atoms. The SMILES string of the molecule is CC(=Nc1cc(C)n(C(C)(C)C#N)n1)c1c(O)[nH]c2cnc(-c3cnccc3C)cc12. The number of aromatic amines is 1. The zero-order valence-corrected chi connectivity index (χ0v) is 18.1. The van der Waals surface area contributed by atoms with Gasteiger partial charge in [0.2, 0.25) is 0 Å². The summed E-state index contributed by atoms with van der Waals surface area (Å²) < 4.78 is 1.65. The normalized spacial score (nSPS) is 12.3. The molecule has 0 unspecified atom stereocenters. The smallest absolute Gasteiger partial charge is 0.198 e. The number of hydrogen-bond acceptors (Lipinski definition) is 6. The molecule has 0 aliphatic rings. The van der Waals surface area contributed by atoms with Crippen LogP contribution in [0.1, 0.15) is 37.6 Å². The lowest BCUT2D eigenvalue weighted by molar-refractivity contribution is 0.410. The second kappa shape index (κ2) is 7.36. The maximum Gasteiger partial charge on any atom is 0.198 e. The van der Waals surface area contributed by atoms with Crippen molar-refractivity contribution in [3.05, 3.63) is 53.6 Å². The van der Waals surface area contributed by atoms with Crippen molar-refractivity contribution in [3.8, 4) is 23.2 Å². The first kappa shape index (κ1) is 20.3. The second-order valence-corrected chi connectivity index (χ2v) is 8.08. The van der Waals surface area contributed by atoms with Crippen LogP contribution >= 0.6 is 0 Å². The van der Waals surface area contributed by atoms with Crippen molar-refractivity contribution in [3.63, 3.8) is 0 Å². The van der Waals surface area contributed by atoms with Gasteiger partial charge in [-0.1, -0.05) is 0 Å². The summed E-state index contributed by atoms with van der Waals surface area (Å²) in [7, 11) is 0. The van der Waals surface area contributed by atoms with Gasteiger partial charge in [-0.3, -0.25) is 9.97 Å². The van der Waals surface area contributed by atoms with Gasteiger partial charge in [0, 0.05) is 35.1 Å². The Hall–Kier alpha value is -3.99. The fraction of sp³-hybridized carbons (Fsp3) is 0.261. The summed E-state index contributed by atoms with van der Waals surface area (Å²) in [5, 5.41) is 25.3. The molecule has 0 fully saturated rings. The molecule has 0 amide bonds. The third-order valence-electron chi connectivity index (χ3n) is 5.30. The summed E-state index contributed by atoms with van der Waals surface area (Å²) in [6.07, 6.45) is 5.22. The van der Waals surface area contributed by atoms with Crippen molar-refractivity contribution >= 4 is 22.4 Å². The Labute approximate surface area is 179 Å². The van der Waals surface area contributed by atoms with Crippen LogP contribution in [0.25, 0.3) is 22.2 Å². The van der Waals surface area contributed by atoms with Gasteiger partial charge in [-0.25, -0.2) is 9.67 Å². The minimum atomic E-state index is -0.781. The van der Waals surface area contributed by atoms with Crippen LogP contribution in [0.3, 0.4) is 0 Å². The van der Waals surface area contributed by atoms with Crippen molar-refractivity contribution in [2.45, 2.75) is 40.2 Å². The maximum absolute atomic E-state index is 10.6. The molecule has 4 rings (SSSR count). The van der Waals surface area contributed by atoms with E-state index in [1.165, 1.54) is 0 Å². The Morgan fingerprint density at radius 3 is 2.74 bits per heavy atom. The van der Waals surface area contributed by atoms with E-state index in [1.54, 1.807) is 37.1 Å². The lowest BCUT2D eigenvalue weighted by Gasteiger charge is -2.17. The van der Waals surface area contributed by atoms with E-state index in [0.29, 0.717) is 22.6 Å². The van der Waals surface area contributed by atoms with Crippen LogP contribution in [0.15, 0.2) is 41.8 Å². The first-order valence-electron chi connectivity index (χ1n) is 9.87. The number of aliphatic imine (C=N–C) groups is 1. The molecular formula is C23H23N7O. The number of nitrogens with zero attached hydrogens (tertiary/aromatic N) is 6. The van der Waals surface area contributed by atoms with Gasteiger partial charge in [-0.2, -0.15) is 10.4 Å². The molecule has 0 aliphatic heterocycles. The topological polar surface area (TPSA) is 116 Å². The van der Waals surface area contributed by atoms with Crippen LogP contribution in [-0.2, 0) is 5.54 Å². The third-order valence-corrected chi connectivity index (χ3v) is 5.30. The Morgan fingerprint density at radius 1 is 1.26 bits per heavy atom. The Kier molecular flexibility index (Phi) is 4.82. The molecule has 8 heteroatoms. The van der Waals surface area contributed by atoms with Crippen molar-refractivity contribution in [2.24, 2.45) is 4.99 Å². The van der Waals surface area contributed by atoms with Crippen LogP contribution in [-0.4, -0.2) is 35.6 Å². The van der Waals surface area contributed by atoms with Gasteiger partial charge in [0.15, 0.2) is 11.7 Å². The summed E-state index contributed by atoms with van der Waals surface area (Å²) in [4.78, 5) is 16.3. The maximum atomic E-state index is 10.6. The summed E-state index contributed by atoms with van der Waals surface area (Å²) in [6, 6.07) is 7.93. The molecule has 0 atom stereocenters. The van der Waals surface area contributed by atoms with Crippen LogP contribution in [0.5, 0.6) is 5.88 Å². The van der Waals surface area contributed by atoms with E-state index >= 15 is 0 Å². The van der Waals surface area contributed by atoms with Crippen LogP contribution in [0.2, 0.25) is 0 Å². The number of nitriles is 1. The average molecular weight is 413 g/mol. The van der Waals surface area contributed by atoms with Crippen molar-refractivity contribution in [1.29, 1.82) is 5.26 Å². The highest BCUT2D eigenvalue weighted by molar-refractivity contribution is 6.13. The molecule has 4 aromatic rings. The predicted molar refractivity (Wildman–Crippen MR) is 119 cm³/mol. The summed E-state index contributed by atoms with van der Waals surface area (Å²) >= 11 is 0. The Balaban J connectivity index is 1.82. The minimum absolute atomic E-state index is 0.0200. The zero-order chi connectivity index (χ0) is 22.3. The molecular weight excluding hydrogens is 390 g/mol. The highest BCUT2D eigenvalue weighted by atomic mass is 16.3. The van der Waals surface area contributed by atoms with Gasteiger partial charge in [-0.15, -0.1) is 0 Å². The first-order chi connectivity index (χ1) is 14.7. The molecule has 2 N–H and O–H groups in total. The molecule has 4 heterocycles. The standard InChI is InChI=1S/C23H23N7O/c1-13-6-7-25-10-17(13)18-9-16-19(11-26-18)28-22(31)21(16)15(3)27-20-8-14(2)30(29-20)23(4,5)12-24/h6-11,28,31H,1-5H3. The van der Waals surface area contributed by atoms with Gasteiger partial charge < -0.3 is 10.1 Å². The fourth-order valence-electron chi connectivity index (χ4n) is 3.68. The molecule has 0 aliphatic carbocycles. The van der Waals surface area contributed by atoms with Crippen LogP contribution in [0.4, 0.5) is 5.82 Å². The lowest BCUT2D eigenvalue weighted by atomic mass is 10.0. The van der Waals surface area contributed by atoms with Gasteiger partial charge in [0.05, 0.1) is 34.8 Å². The van der Waals surface area contributed by atoms with E-state index in [9.17, 15) is 10.4 Å². The van der Waals surface area contributed by atoms with Gasteiger partial charge >= 0.3 is 0 Å². The number of aryl methyl sites for hydroxylation is 2. The molecule has 0 spiro atoms. The van der Waals surface area contributed by atoms with E-state index in [0.717, 1.165) is 27.9 Å². The fourth-order valence-corrected chi connectivity index (χ4v) is 3.68. The van der Waals surface area contributed by atoms with E-state index in [-0.39, 0.29) is 5.88 Å². The number of aromatic hydroxyl groups is 1. The van der Waals surface area contributed by atoms with Gasteiger partial charge in [-0.05, 0) is 52.3 Å². The monoisotopic (exact) mass is 413 g/mol.